The molecule has 2 amide bonds. The number of nitrogens with one attached hydrogen (secondary N) is 1. The number of halogens is 1. The minimum Gasteiger partial charge on any atom is -0.355 e. The summed E-state index contributed by atoms with van der Waals surface area (Å²) in [4.78, 5) is 27.6. The van der Waals surface area contributed by atoms with Crippen LogP contribution in [0.5, 0.6) is 0 Å². The number of anilines is 1. The number of benzene rings is 2. The van der Waals surface area contributed by atoms with Gasteiger partial charge in [0.2, 0.25) is 21.8 Å². The molecule has 0 aromatic heterocycles. The van der Waals surface area contributed by atoms with Crippen molar-refractivity contribution < 1.29 is 18.0 Å². The third-order valence-electron chi connectivity index (χ3n) is 5.44. The summed E-state index contributed by atoms with van der Waals surface area (Å²) in [5.74, 6) is -0.380. The molecule has 0 aliphatic carbocycles. The predicted molar refractivity (Wildman–Crippen MR) is 137 cm³/mol. The van der Waals surface area contributed by atoms with E-state index in [1.54, 1.807) is 29.2 Å². The first-order valence-corrected chi connectivity index (χ1v) is 13.7. The second-order valence-corrected chi connectivity index (χ2v) is 10.6. The SMILES string of the molecule is CCNC(=O)[C@H](CC)N(Cc1cccc(C)c1)C(=O)CCCN(c1ccc(Cl)cc1)S(C)(=O)=O. The molecular formula is C25H34ClN3O4S. The molecule has 0 heterocycles. The number of rotatable bonds is 12. The van der Waals surface area contributed by atoms with Crippen molar-refractivity contribution in [2.75, 3.05) is 23.7 Å². The average molecular weight is 508 g/mol. The molecule has 0 fully saturated rings. The number of amides is 2. The summed E-state index contributed by atoms with van der Waals surface area (Å²) in [6.07, 6.45) is 2.03. The van der Waals surface area contributed by atoms with E-state index >= 15 is 0 Å². The van der Waals surface area contributed by atoms with Gasteiger partial charge < -0.3 is 10.2 Å². The van der Waals surface area contributed by atoms with E-state index < -0.39 is 16.1 Å². The highest BCUT2D eigenvalue weighted by atomic mass is 35.5. The van der Waals surface area contributed by atoms with Gasteiger partial charge in [-0.25, -0.2) is 8.42 Å². The van der Waals surface area contributed by atoms with Crippen LogP contribution in [0.15, 0.2) is 48.5 Å². The maximum Gasteiger partial charge on any atom is 0.242 e. The Morgan fingerprint density at radius 1 is 1.09 bits per heavy atom. The molecule has 34 heavy (non-hydrogen) atoms. The van der Waals surface area contributed by atoms with Crippen LogP contribution in [0.2, 0.25) is 5.02 Å². The van der Waals surface area contributed by atoms with Gasteiger partial charge in [-0.2, -0.15) is 0 Å². The van der Waals surface area contributed by atoms with E-state index in [0.29, 0.717) is 36.6 Å². The Labute approximate surface area is 208 Å². The van der Waals surface area contributed by atoms with Crippen molar-refractivity contribution in [2.24, 2.45) is 0 Å². The van der Waals surface area contributed by atoms with E-state index in [1.165, 1.54) is 4.31 Å². The fourth-order valence-electron chi connectivity index (χ4n) is 3.83. The first-order valence-electron chi connectivity index (χ1n) is 11.4. The average Bonchev–Trinajstić information content (AvgIpc) is 2.76. The highest BCUT2D eigenvalue weighted by Gasteiger charge is 2.28. The van der Waals surface area contributed by atoms with E-state index in [1.807, 2.05) is 45.0 Å². The zero-order valence-electron chi connectivity index (χ0n) is 20.3. The van der Waals surface area contributed by atoms with Crippen LogP contribution < -0.4 is 9.62 Å². The Bertz CT molecular complexity index is 1070. The molecule has 0 saturated heterocycles. The molecule has 1 atom stereocenters. The summed E-state index contributed by atoms with van der Waals surface area (Å²) in [6, 6.07) is 13.8. The van der Waals surface area contributed by atoms with E-state index in [-0.39, 0.29) is 24.8 Å². The fraction of sp³-hybridized carbons (Fsp3) is 0.440. The first kappa shape index (κ1) is 27.7. The molecule has 9 heteroatoms. The summed E-state index contributed by atoms with van der Waals surface area (Å²) >= 11 is 5.93. The zero-order chi connectivity index (χ0) is 25.3. The Hall–Kier alpha value is -2.58. The van der Waals surface area contributed by atoms with Crippen molar-refractivity contribution in [1.29, 1.82) is 0 Å². The van der Waals surface area contributed by atoms with Gasteiger partial charge >= 0.3 is 0 Å². The number of aryl methyl sites for hydroxylation is 1. The lowest BCUT2D eigenvalue weighted by Crippen LogP contribution is -2.49. The fourth-order valence-corrected chi connectivity index (χ4v) is 4.92. The highest BCUT2D eigenvalue weighted by Crippen LogP contribution is 2.22. The van der Waals surface area contributed by atoms with Crippen LogP contribution in [0.25, 0.3) is 0 Å². The van der Waals surface area contributed by atoms with Gasteiger partial charge in [0.05, 0.1) is 11.9 Å². The third-order valence-corrected chi connectivity index (χ3v) is 6.89. The number of likely N-dealkylation sites (N-methyl/N-ethyl adjacent to an activating group) is 1. The van der Waals surface area contributed by atoms with Crippen molar-refractivity contribution >= 4 is 39.1 Å². The van der Waals surface area contributed by atoms with Crippen LogP contribution in [-0.4, -0.2) is 50.5 Å². The number of carbonyl (C=O) groups is 2. The molecule has 0 bridgehead atoms. The van der Waals surface area contributed by atoms with Crippen molar-refractivity contribution in [3.63, 3.8) is 0 Å². The molecule has 0 unspecified atom stereocenters. The van der Waals surface area contributed by atoms with Gasteiger partial charge in [0, 0.05) is 31.1 Å². The van der Waals surface area contributed by atoms with Gasteiger partial charge in [0.25, 0.3) is 0 Å². The third kappa shape index (κ3) is 8.02. The molecule has 2 rings (SSSR count). The van der Waals surface area contributed by atoms with Gasteiger partial charge in [-0.1, -0.05) is 48.4 Å². The highest BCUT2D eigenvalue weighted by molar-refractivity contribution is 7.92. The van der Waals surface area contributed by atoms with Crippen LogP contribution in [-0.2, 0) is 26.2 Å². The Balaban J connectivity index is 2.19. The van der Waals surface area contributed by atoms with Gasteiger partial charge in [0.1, 0.15) is 6.04 Å². The summed E-state index contributed by atoms with van der Waals surface area (Å²) in [5, 5.41) is 3.33. The molecule has 0 spiro atoms. The molecule has 0 aliphatic heterocycles. The van der Waals surface area contributed by atoms with Crippen molar-refractivity contribution in [1.82, 2.24) is 10.2 Å². The molecule has 0 saturated carbocycles. The number of hydrogen-bond donors (Lipinski definition) is 1. The van der Waals surface area contributed by atoms with E-state index in [4.69, 9.17) is 11.6 Å². The molecule has 7 nitrogen and oxygen atoms in total. The maximum absolute atomic E-state index is 13.3. The number of sulfonamides is 1. The molecular weight excluding hydrogens is 474 g/mol. The van der Waals surface area contributed by atoms with Crippen molar-refractivity contribution in [2.45, 2.75) is 52.6 Å². The molecule has 1 N–H and O–H groups in total. The van der Waals surface area contributed by atoms with Crippen LogP contribution in [0.3, 0.4) is 0 Å². The quantitative estimate of drug-likeness (QED) is 0.467. The smallest absolute Gasteiger partial charge is 0.242 e. The summed E-state index contributed by atoms with van der Waals surface area (Å²) in [6.45, 7) is 6.63. The predicted octanol–water partition coefficient (Wildman–Crippen LogP) is 4.14. The number of carbonyl (C=O) groups excluding carboxylic acids is 2. The topological polar surface area (TPSA) is 86.8 Å². The number of hydrogen-bond acceptors (Lipinski definition) is 4. The molecule has 0 aliphatic rings. The van der Waals surface area contributed by atoms with E-state index in [0.717, 1.165) is 17.4 Å². The number of nitrogens with zero attached hydrogens (tertiary/aromatic N) is 2. The van der Waals surface area contributed by atoms with Gasteiger partial charge in [-0.3, -0.25) is 13.9 Å². The van der Waals surface area contributed by atoms with Crippen molar-refractivity contribution in [3.05, 3.63) is 64.7 Å². The van der Waals surface area contributed by atoms with Crippen LogP contribution >= 0.6 is 11.6 Å². The summed E-state index contributed by atoms with van der Waals surface area (Å²) in [7, 11) is -3.54. The Morgan fingerprint density at radius 2 is 1.76 bits per heavy atom. The molecule has 0 radical (unpaired) electrons. The largest absolute Gasteiger partial charge is 0.355 e. The van der Waals surface area contributed by atoms with Crippen LogP contribution in [0, 0.1) is 6.92 Å². The summed E-state index contributed by atoms with van der Waals surface area (Å²) < 4.78 is 26.0. The minimum absolute atomic E-state index is 0.112. The maximum atomic E-state index is 13.3. The lowest BCUT2D eigenvalue weighted by atomic mass is 10.1. The van der Waals surface area contributed by atoms with E-state index in [2.05, 4.69) is 5.32 Å². The molecule has 2 aromatic carbocycles. The Kier molecular flexibility index (Phi) is 10.4. The second kappa shape index (κ2) is 12.8. The Morgan fingerprint density at radius 3 is 2.32 bits per heavy atom. The summed E-state index contributed by atoms with van der Waals surface area (Å²) in [5.41, 5.74) is 2.50. The van der Waals surface area contributed by atoms with Gasteiger partial charge in [-0.15, -0.1) is 0 Å². The van der Waals surface area contributed by atoms with Crippen LogP contribution in [0.4, 0.5) is 5.69 Å². The second-order valence-electron chi connectivity index (χ2n) is 8.24. The molecule has 186 valence electrons. The molecule has 2 aromatic rings. The minimum atomic E-state index is -3.54. The van der Waals surface area contributed by atoms with E-state index in [9.17, 15) is 18.0 Å². The van der Waals surface area contributed by atoms with Crippen LogP contribution in [0.1, 0.15) is 44.2 Å². The zero-order valence-corrected chi connectivity index (χ0v) is 21.8. The lowest BCUT2D eigenvalue weighted by Gasteiger charge is -2.31. The van der Waals surface area contributed by atoms with Gasteiger partial charge in [-0.05, 0) is 56.5 Å². The van der Waals surface area contributed by atoms with Gasteiger partial charge in [0.15, 0.2) is 0 Å². The van der Waals surface area contributed by atoms with Crippen molar-refractivity contribution in [3.8, 4) is 0 Å². The lowest BCUT2D eigenvalue weighted by molar-refractivity contribution is -0.141. The first-order chi connectivity index (χ1) is 16.1. The normalized spacial score (nSPS) is 12.1. The standard InChI is InChI=1S/C25H34ClN3O4S/c1-5-23(25(31)27-6-2)28(18-20-10-7-9-19(3)17-20)24(30)11-8-16-29(34(4,32)33)22-14-12-21(26)13-15-22/h7,9-10,12-15,17,23H,5-6,8,11,16,18H2,1-4H3,(H,27,31)/t23-/m0/s1. The monoisotopic (exact) mass is 507 g/mol.